The number of aldehydes is 1. The topological polar surface area (TPSA) is 45.8 Å². The van der Waals surface area contributed by atoms with E-state index in [0.29, 0.717) is 5.56 Å². The third kappa shape index (κ3) is 1.83. The molecule has 0 spiro atoms. The van der Waals surface area contributed by atoms with Crippen LogP contribution < -0.4 is 0 Å². The van der Waals surface area contributed by atoms with Gasteiger partial charge in [-0.2, -0.15) is 0 Å². The fourth-order valence-electron chi connectivity index (χ4n) is 2.45. The first-order chi connectivity index (χ1) is 9.35. The largest absolute Gasteiger partial charge is 0.354 e. The Kier molecular flexibility index (Phi) is 2.88. The summed E-state index contributed by atoms with van der Waals surface area (Å²) in [7, 11) is 0. The maximum absolute atomic E-state index is 11.4. The normalized spacial score (nSPS) is 10.8. The maximum atomic E-state index is 11.4. The van der Waals surface area contributed by atoms with Gasteiger partial charge in [0.15, 0.2) is 6.29 Å². The van der Waals surface area contributed by atoms with Gasteiger partial charge in [0.2, 0.25) is 0 Å². The number of hydrogen-bond donors (Lipinski definition) is 1. The monoisotopic (exact) mass is 250 g/mol. The molecule has 3 rings (SSSR count). The lowest BCUT2D eigenvalue weighted by molar-refractivity contribution is 0.112. The highest BCUT2D eigenvalue weighted by Crippen LogP contribution is 2.30. The second kappa shape index (κ2) is 4.69. The van der Waals surface area contributed by atoms with Crippen LogP contribution in [0.1, 0.15) is 22.8 Å². The van der Waals surface area contributed by atoms with E-state index in [2.05, 4.69) is 23.0 Å². The van der Waals surface area contributed by atoms with Crippen molar-refractivity contribution in [2.75, 3.05) is 0 Å². The van der Waals surface area contributed by atoms with Gasteiger partial charge >= 0.3 is 0 Å². The number of para-hydroxylation sites is 1. The Morgan fingerprint density at radius 3 is 2.84 bits per heavy atom. The van der Waals surface area contributed by atoms with E-state index in [-0.39, 0.29) is 0 Å². The molecule has 0 aliphatic rings. The number of rotatable bonds is 3. The Morgan fingerprint density at radius 2 is 2.16 bits per heavy atom. The average Bonchev–Trinajstić information content (AvgIpc) is 2.86. The third-order valence-electron chi connectivity index (χ3n) is 3.41. The van der Waals surface area contributed by atoms with E-state index in [1.807, 2.05) is 24.3 Å². The second-order valence-corrected chi connectivity index (χ2v) is 4.47. The van der Waals surface area contributed by atoms with Gasteiger partial charge in [0.05, 0.1) is 5.69 Å². The molecule has 0 radical (unpaired) electrons. The lowest BCUT2D eigenvalue weighted by Gasteiger charge is -1.98. The summed E-state index contributed by atoms with van der Waals surface area (Å²) >= 11 is 0. The highest BCUT2D eigenvalue weighted by Gasteiger charge is 2.14. The number of benzene rings is 1. The summed E-state index contributed by atoms with van der Waals surface area (Å²) in [6.07, 6.45) is 5.34. The van der Waals surface area contributed by atoms with Crippen LogP contribution >= 0.6 is 0 Å². The van der Waals surface area contributed by atoms with Crippen LogP contribution in [0.4, 0.5) is 0 Å². The Morgan fingerprint density at radius 1 is 1.26 bits per heavy atom. The summed E-state index contributed by atoms with van der Waals surface area (Å²) in [5.41, 5.74) is 4.75. The smallest absolute Gasteiger partial charge is 0.152 e. The average molecular weight is 250 g/mol. The van der Waals surface area contributed by atoms with Crippen LogP contribution in [0.2, 0.25) is 0 Å². The van der Waals surface area contributed by atoms with E-state index in [0.717, 1.165) is 34.9 Å². The minimum atomic E-state index is 0.707. The number of hydrogen-bond acceptors (Lipinski definition) is 2. The Bertz CT molecular complexity index is 729. The molecule has 3 nitrogen and oxygen atoms in total. The van der Waals surface area contributed by atoms with Gasteiger partial charge < -0.3 is 4.98 Å². The van der Waals surface area contributed by atoms with Crippen molar-refractivity contribution < 1.29 is 4.79 Å². The van der Waals surface area contributed by atoms with Gasteiger partial charge in [-0.15, -0.1) is 0 Å². The molecule has 1 N–H and O–H groups in total. The number of fused-ring (bicyclic) bond motifs is 1. The fourth-order valence-corrected chi connectivity index (χ4v) is 2.45. The molecule has 2 heterocycles. The molecule has 0 unspecified atom stereocenters. The SMILES string of the molecule is CCc1cccc2c(C=O)c(-c3cccnc3)[nH]c12. The van der Waals surface area contributed by atoms with Crippen molar-refractivity contribution in [3.63, 3.8) is 0 Å². The summed E-state index contributed by atoms with van der Waals surface area (Å²) in [6.45, 7) is 2.11. The second-order valence-electron chi connectivity index (χ2n) is 4.47. The van der Waals surface area contributed by atoms with Crippen LogP contribution in [0.5, 0.6) is 0 Å². The first kappa shape index (κ1) is 11.7. The zero-order chi connectivity index (χ0) is 13.2. The van der Waals surface area contributed by atoms with Gasteiger partial charge in [0, 0.05) is 34.4 Å². The standard InChI is InChI=1S/C16H14N2O/c1-2-11-5-3-7-13-14(10-19)16(18-15(11)13)12-6-4-8-17-9-12/h3-10,18H,2H2,1H3. The Labute approximate surface area is 111 Å². The number of pyridine rings is 1. The number of nitrogens with one attached hydrogen (secondary N) is 1. The minimum absolute atomic E-state index is 0.707. The molecule has 19 heavy (non-hydrogen) atoms. The molecule has 0 amide bonds. The molecule has 1 aromatic carbocycles. The minimum Gasteiger partial charge on any atom is -0.354 e. The van der Waals surface area contributed by atoms with Crippen molar-refractivity contribution in [2.24, 2.45) is 0 Å². The molecule has 0 aliphatic carbocycles. The predicted molar refractivity (Wildman–Crippen MR) is 76.3 cm³/mol. The number of carbonyl (C=O) groups excluding carboxylic acids is 1. The molecule has 0 atom stereocenters. The Balaban J connectivity index is 2.34. The quantitative estimate of drug-likeness (QED) is 0.722. The van der Waals surface area contributed by atoms with Crippen molar-refractivity contribution in [3.05, 3.63) is 53.9 Å². The Hall–Kier alpha value is -2.42. The highest BCUT2D eigenvalue weighted by molar-refractivity contribution is 6.05. The first-order valence-electron chi connectivity index (χ1n) is 6.34. The summed E-state index contributed by atoms with van der Waals surface area (Å²) in [5.74, 6) is 0. The van der Waals surface area contributed by atoms with Crippen molar-refractivity contribution in [1.29, 1.82) is 0 Å². The molecule has 0 fully saturated rings. The van der Waals surface area contributed by atoms with Crippen LogP contribution in [-0.4, -0.2) is 16.3 Å². The number of carbonyl (C=O) groups is 1. The number of aromatic nitrogens is 2. The maximum Gasteiger partial charge on any atom is 0.152 e. The molecule has 0 saturated heterocycles. The van der Waals surface area contributed by atoms with Gasteiger partial charge in [-0.05, 0) is 24.1 Å². The zero-order valence-corrected chi connectivity index (χ0v) is 10.7. The molecular formula is C16H14N2O. The number of aromatic amines is 1. The van der Waals surface area contributed by atoms with Crippen molar-refractivity contribution in [3.8, 4) is 11.3 Å². The van der Waals surface area contributed by atoms with Crippen molar-refractivity contribution in [1.82, 2.24) is 9.97 Å². The van der Waals surface area contributed by atoms with Crippen LogP contribution in [0.15, 0.2) is 42.7 Å². The molecule has 0 saturated carbocycles. The van der Waals surface area contributed by atoms with Crippen molar-refractivity contribution in [2.45, 2.75) is 13.3 Å². The van der Waals surface area contributed by atoms with Crippen LogP contribution in [-0.2, 0) is 6.42 Å². The zero-order valence-electron chi connectivity index (χ0n) is 10.7. The molecule has 0 bridgehead atoms. The van der Waals surface area contributed by atoms with Crippen LogP contribution in [0, 0.1) is 0 Å². The molecule has 3 aromatic rings. The van der Waals surface area contributed by atoms with E-state index < -0.39 is 0 Å². The molecule has 2 aromatic heterocycles. The van der Waals surface area contributed by atoms with Gasteiger partial charge in [0.1, 0.15) is 0 Å². The molecule has 0 aliphatic heterocycles. The number of H-pyrrole nitrogens is 1. The lowest BCUT2D eigenvalue weighted by Crippen LogP contribution is -1.84. The lowest BCUT2D eigenvalue weighted by atomic mass is 10.1. The molecule has 3 heteroatoms. The van der Waals surface area contributed by atoms with Gasteiger partial charge in [0.25, 0.3) is 0 Å². The van der Waals surface area contributed by atoms with Crippen LogP contribution in [0.3, 0.4) is 0 Å². The predicted octanol–water partition coefficient (Wildman–Crippen LogP) is 3.60. The molecule has 94 valence electrons. The van der Waals surface area contributed by atoms with Gasteiger partial charge in [-0.3, -0.25) is 9.78 Å². The summed E-state index contributed by atoms with van der Waals surface area (Å²) in [5, 5.41) is 0.980. The highest BCUT2D eigenvalue weighted by atomic mass is 16.1. The van der Waals surface area contributed by atoms with E-state index in [1.165, 1.54) is 5.56 Å². The fraction of sp³-hybridized carbons (Fsp3) is 0.125. The van der Waals surface area contributed by atoms with E-state index in [9.17, 15) is 4.79 Å². The van der Waals surface area contributed by atoms with Crippen molar-refractivity contribution >= 4 is 17.2 Å². The van der Waals surface area contributed by atoms with E-state index in [1.54, 1.807) is 12.4 Å². The number of nitrogens with zero attached hydrogens (tertiary/aromatic N) is 1. The van der Waals surface area contributed by atoms with Gasteiger partial charge in [-0.1, -0.05) is 25.1 Å². The summed E-state index contributed by atoms with van der Waals surface area (Å²) in [4.78, 5) is 18.9. The van der Waals surface area contributed by atoms with Crippen LogP contribution in [0.25, 0.3) is 22.2 Å². The molecular weight excluding hydrogens is 236 g/mol. The van der Waals surface area contributed by atoms with Gasteiger partial charge in [-0.25, -0.2) is 0 Å². The summed E-state index contributed by atoms with van der Waals surface area (Å²) in [6, 6.07) is 9.89. The summed E-state index contributed by atoms with van der Waals surface area (Å²) < 4.78 is 0. The van der Waals surface area contributed by atoms with E-state index in [4.69, 9.17) is 0 Å². The third-order valence-corrected chi connectivity index (χ3v) is 3.41. The van der Waals surface area contributed by atoms with E-state index >= 15 is 0 Å². The number of aryl methyl sites for hydroxylation is 1. The first-order valence-corrected chi connectivity index (χ1v) is 6.34.